The van der Waals surface area contributed by atoms with Gasteiger partial charge in [-0.3, -0.25) is 19.6 Å². The van der Waals surface area contributed by atoms with Crippen molar-refractivity contribution in [2.75, 3.05) is 26.4 Å². The minimum atomic E-state index is -0.921. The van der Waals surface area contributed by atoms with Crippen molar-refractivity contribution in [1.29, 1.82) is 0 Å². The van der Waals surface area contributed by atoms with Gasteiger partial charge in [-0.2, -0.15) is 0 Å². The van der Waals surface area contributed by atoms with E-state index in [0.29, 0.717) is 53.6 Å². The Hall–Kier alpha value is -4.20. The first-order chi connectivity index (χ1) is 21.4. The van der Waals surface area contributed by atoms with Crippen LogP contribution in [-0.4, -0.2) is 52.5 Å². The number of aromatic hydroxyl groups is 1. The monoisotopic (exact) mass is 600 g/mol. The fourth-order valence-electron chi connectivity index (χ4n) is 7.89. The molecule has 0 saturated carbocycles. The molecule has 2 N–H and O–H groups in total. The summed E-state index contributed by atoms with van der Waals surface area (Å²) < 4.78 is 60.6. The third-order valence-electron chi connectivity index (χ3n) is 9.79. The summed E-state index contributed by atoms with van der Waals surface area (Å²) in [4.78, 5) is 6.98. The van der Waals surface area contributed by atoms with Crippen LogP contribution in [0, 0.1) is 24.0 Å². The maximum atomic E-state index is 16.5. The van der Waals surface area contributed by atoms with Crippen molar-refractivity contribution in [2.45, 2.75) is 56.3 Å². The van der Waals surface area contributed by atoms with E-state index < -0.39 is 23.3 Å². The van der Waals surface area contributed by atoms with E-state index in [1.165, 1.54) is 36.6 Å². The Bertz CT molecular complexity index is 1990. The first-order valence-corrected chi connectivity index (χ1v) is 15.1. The summed E-state index contributed by atoms with van der Waals surface area (Å²) in [6.07, 6.45) is 10.9. The SMILES string of the molecule is C#Cc1c(F)ccc2cc(O)cc(-c3c(F)cc4c(OC[C@@]56CCCN5C[C@H](F)C6)coc5c6c(n34)=NCN[C@@H]6CCC5)c12. The van der Waals surface area contributed by atoms with Crippen LogP contribution in [0.15, 0.2) is 46.0 Å². The molecule has 3 aliphatic heterocycles. The number of hydrogen-bond acceptors (Lipinski definition) is 6. The maximum absolute atomic E-state index is 16.5. The van der Waals surface area contributed by atoms with E-state index in [0.717, 1.165) is 37.8 Å². The van der Waals surface area contributed by atoms with Crippen LogP contribution >= 0.6 is 0 Å². The van der Waals surface area contributed by atoms with Gasteiger partial charge in [-0.05, 0) is 55.8 Å². The molecule has 0 spiro atoms. The van der Waals surface area contributed by atoms with Gasteiger partial charge in [0.15, 0.2) is 5.75 Å². The molecule has 2 saturated heterocycles. The van der Waals surface area contributed by atoms with E-state index in [9.17, 15) is 9.50 Å². The van der Waals surface area contributed by atoms with Crippen LogP contribution in [0.25, 0.3) is 27.5 Å². The molecule has 10 heteroatoms. The molecule has 2 aromatic heterocycles. The van der Waals surface area contributed by atoms with Crippen LogP contribution in [0.3, 0.4) is 0 Å². The topological polar surface area (TPSA) is 74.6 Å². The highest BCUT2D eigenvalue weighted by molar-refractivity contribution is 6.02. The van der Waals surface area contributed by atoms with Gasteiger partial charge in [-0.25, -0.2) is 13.2 Å². The highest BCUT2D eigenvalue weighted by Crippen LogP contribution is 2.42. The number of aromatic nitrogens is 1. The Labute approximate surface area is 251 Å². The number of terminal acetylenes is 1. The second kappa shape index (κ2) is 10.2. The molecule has 4 aliphatic rings. The summed E-state index contributed by atoms with van der Waals surface area (Å²) >= 11 is 0. The minimum Gasteiger partial charge on any atom is -0.508 e. The van der Waals surface area contributed by atoms with Gasteiger partial charge in [0, 0.05) is 42.4 Å². The highest BCUT2D eigenvalue weighted by Gasteiger charge is 2.49. The zero-order chi connectivity index (χ0) is 30.2. The van der Waals surface area contributed by atoms with E-state index in [2.05, 4.69) is 16.1 Å². The minimum absolute atomic E-state index is 0.0289. The number of rotatable bonds is 4. The van der Waals surface area contributed by atoms with Gasteiger partial charge in [0.2, 0.25) is 0 Å². The molecule has 5 heterocycles. The molecule has 0 amide bonds. The van der Waals surface area contributed by atoms with Crippen molar-refractivity contribution in [3.05, 3.63) is 70.6 Å². The molecule has 1 aliphatic carbocycles. The molecule has 226 valence electrons. The molecular weight excluding hydrogens is 569 g/mol. The summed E-state index contributed by atoms with van der Waals surface area (Å²) in [5, 5.41) is 14.9. The third-order valence-corrected chi connectivity index (χ3v) is 9.79. The lowest BCUT2D eigenvalue weighted by Gasteiger charge is -2.31. The number of nitrogens with zero attached hydrogens (tertiary/aromatic N) is 3. The number of phenolic OH excluding ortho intramolecular Hbond substituents is 1. The summed E-state index contributed by atoms with van der Waals surface area (Å²) in [5.41, 5.74) is 1.49. The molecule has 8 rings (SSSR count). The number of alkyl halides is 1. The molecule has 0 bridgehead atoms. The number of hydrogen-bond donors (Lipinski definition) is 2. The van der Waals surface area contributed by atoms with Gasteiger partial charge in [-0.15, -0.1) is 6.42 Å². The van der Waals surface area contributed by atoms with Crippen molar-refractivity contribution >= 4 is 16.3 Å². The maximum Gasteiger partial charge on any atom is 0.178 e. The van der Waals surface area contributed by atoms with Crippen LogP contribution in [0.4, 0.5) is 13.2 Å². The van der Waals surface area contributed by atoms with Crippen LogP contribution in [0.2, 0.25) is 0 Å². The summed E-state index contributed by atoms with van der Waals surface area (Å²) in [5.74, 6) is 2.04. The molecule has 3 atom stereocenters. The Morgan fingerprint density at radius 2 is 2.09 bits per heavy atom. The van der Waals surface area contributed by atoms with Crippen molar-refractivity contribution < 1.29 is 27.4 Å². The van der Waals surface area contributed by atoms with E-state index >= 15 is 8.78 Å². The number of fused-ring (bicyclic) bond motifs is 4. The lowest BCUT2D eigenvalue weighted by atomic mass is 9.92. The van der Waals surface area contributed by atoms with Gasteiger partial charge in [0.25, 0.3) is 0 Å². The third kappa shape index (κ3) is 4.10. The normalized spacial score (nSPS) is 24.1. The number of phenols is 1. The van der Waals surface area contributed by atoms with E-state index in [1.807, 2.05) is 0 Å². The van der Waals surface area contributed by atoms with Crippen LogP contribution in [-0.2, 0) is 6.42 Å². The molecule has 44 heavy (non-hydrogen) atoms. The first kappa shape index (κ1) is 27.4. The lowest BCUT2D eigenvalue weighted by Crippen LogP contribution is -2.43. The van der Waals surface area contributed by atoms with Gasteiger partial charge < -0.3 is 14.3 Å². The Morgan fingerprint density at radius 1 is 1.20 bits per heavy atom. The predicted molar refractivity (Wildman–Crippen MR) is 159 cm³/mol. The van der Waals surface area contributed by atoms with Crippen LogP contribution < -0.4 is 15.5 Å². The van der Waals surface area contributed by atoms with Gasteiger partial charge >= 0.3 is 0 Å². The molecule has 0 unspecified atom stereocenters. The average Bonchev–Trinajstić information content (AvgIpc) is 3.65. The van der Waals surface area contributed by atoms with Gasteiger partial charge in [0.1, 0.15) is 47.7 Å². The summed E-state index contributed by atoms with van der Waals surface area (Å²) in [6, 6.07) is 6.92. The quantitative estimate of drug-likeness (QED) is 0.295. The smallest absolute Gasteiger partial charge is 0.178 e. The zero-order valence-corrected chi connectivity index (χ0v) is 24.0. The van der Waals surface area contributed by atoms with Gasteiger partial charge in [-0.1, -0.05) is 12.0 Å². The van der Waals surface area contributed by atoms with E-state index in [1.54, 1.807) is 4.40 Å². The fourth-order valence-corrected chi connectivity index (χ4v) is 7.89. The summed E-state index contributed by atoms with van der Waals surface area (Å²) in [6.45, 7) is 1.72. The average molecular weight is 601 g/mol. The molecule has 0 radical (unpaired) electrons. The first-order valence-electron chi connectivity index (χ1n) is 15.1. The number of ether oxygens (including phenoxy) is 1. The lowest BCUT2D eigenvalue weighted by molar-refractivity contribution is 0.113. The largest absolute Gasteiger partial charge is 0.508 e. The van der Waals surface area contributed by atoms with Gasteiger partial charge in [0.05, 0.1) is 34.5 Å². The van der Waals surface area contributed by atoms with Crippen molar-refractivity contribution in [2.24, 2.45) is 4.99 Å². The summed E-state index contributed by atoms with van der Waals surface area (Å²) in [7, 11) is 0. The van der Waals surface area contributed by atoms with Crippen LogP contribution in [0.5, 0.6) is 11.5 Å². The Balaban J connectivity index is 1.43. The van der Waals surface area contributed by atoms with Crippen molar-refractivity contribution in [3.63, 3.8) is 0 Å². The predicted octanol–water partition coefficient (Wildman–Crippen LogP) is 5.67. The molecule has 4 aromatic rings. The van der Waals surface area contributed by atoms with Crippen LogP contribution in [0.1, 0.15) is 55.0 Å². The molecule has 7 nitrogen and oxygen atoms in total. The van der Waals surface area contributed by atoms with Crippen molar-refractivity contribution in [3.8, 4) is 35.1 Å². The van der Waals surface area contributed by atoms with Crippen molar-refractivity contribution in [1.82, 2.24) is 14.6 Å². The van der Waals surface area contributed by atoms with E-state index in [-0.39, 0.29) is 41.0 Å². The Morgan fingerprint density at radius 3 is 2.95 bits per heavy atom. The second-order valence-corrected chi connectivity index (χ2v) is 12.3. The number of halogens is 3. The number of aryl methyl sites for hydroxylation is 1. The Kier molecular flexibility index (Phi) is 6.33. The van der Waals surface area contributed by atoms with E-state index in [4.69, 9.17) is 20.6 Å². The number of nitrogens with one attached hydrogen (secondary N) is 1. The zero-order valence-electron chi connectivity index (χ0n) is 24.0. The second-order valence-electron chi connectivity index (χ2n) is 12.3. The molecule has 2 aromatic carbocycles. The highest BCUT2D eigenvalue weighted by atomic mass is 19.1. The standard InChI is InChI=1S/C34H31F3N4O3/c1-2-22-24(36)8-7-19-11-21(42)12-23(30(19)22)32-25(37)13-27-29(44-17-34-9-4-10-40(34)15-20(35)14-34)16-43-28-6-3-5-26-31(28)33(41(27)32)39-18-38-26/h1,7-8,11-13,16,20,26,38,42H,3-6,9-10,14-15,17-18H2/t20-,26-,34+/m1/s1. The number of benzene rings is 2. The molecule has 2 fully saturated rings. The molecular formula is C34H31F3N4O3. The fraction of sp³-hybridized carbons (Fsp3) is 0.382.